The minimum absolute atomic E-state index is 0. The third-order valence-electron chi connectivity index (χ3n) is 3.21. The monoisotopic (exact) mass is 245 g/mol. The molecule has 0 saturated heterocycles. The van der Waals surface area contributed by atoms with Crippen LogP contribution in [0.4, 0.5) is 0 Å². The van der Waals surface area contributed by atoms with Gasteiger partial charge in [-0.3, -0.25) is 0 Å². The molecule has 2 heteroatoms. The zero-order valence-corrected chi connectivity index (χ0v) is 12.4. The van der Waals surface area contributed by atoms with E-state index < -0.39 is 0 Å². The number of nitrogens with zero attached hydrogens (tertiary/aromatic N) is 1. The van der Waals surface area contributed by atoms with E-state index in [1.165, 1.54) is 77.2 Å². The summed E-state index contributed by atoms with van der Waals surface area (Å²) in [4.78, 5) is 2.29. The van der Waals surface area contributed by atoms with E-state index in [0.717, 1.165) is 0 Å². The van der Waals surface area contributed by atoms with Gasteiger partial charge in [0.1, 0.15) is 0 Å². The van der Waals surface area contributed by atoms with Crippen LogP contribution in [0.1, 0.15) is 77.6 Å². The lowest BCUT2D eigenvalue weighted by Crippen LogP contribution is -2.12. The fourth-order valence-electron chi connectivity index (χ4n) is 2.09. The molecule has 0 unspecified atom stereocenters. The Hall–Kier alpha value is -0.0800. The topological polar surface area (TPSA) is 34.7 Å². The fraction of sp³-hybridized carbons (Fsp3) is 1.00. The van der Waals surface area contributed by atoms with Crippen LogP contribution >= 0.6 is 0 Å². The number of rotatable bonds is 12. The number of unbranched alkanes of at least 4 members (excludes halogenated alkanes) is 10. The lowest BCUT2D eigenvalue weighted by atomic mass is 10.1. The van der Waals surface area contributed by atoms with Crippen molar-refractivity contribution in [1.82, 2.24) is 4.90 Å². The zero-order chi connectivity index (χ0) is 12.1. The van der Waals surface area contributed by atoms with Crippen molar-refractivity contribution in [2.24, 2.45) is 0 Å². The normalized spacial score (nSPS) is 10.6. The number of hydrogen-bond acceptors (Lipinski definition) is 1. The lowest BCUT2D eigenvalue weighted by molar-refractivity contribution is 0.389. The second kappa shape index (κ2) is 15.9. The summed E-state index contributed by atoms with van der Waals surface area (Å²) in [6.45, 7) is 3.55. The maximum atomic E-state index is 2.29. The van der Waals surface area contributed by atoms with Crippen LogP contribution in [0.2, 0.25) is 0 Å². The van der Waals surface area contributed by atoms with E-state index in [1.807, 2.05) is 0 Å². The van der Waals surface area contributed by atoms with Crippen molar-refractivity contribution >= 4 is 0 Å². The summed E-state index contributed by atoms with van der Waals surface area (Å²) in [6.07, 6.45) is 15.8. The summed E-state index contributed by atoms with van der Waals surface area (Å²) in [5, 5.41) is 0. The Kier molecular flexibility index (Phi) is 18.0. The van der Waals surface area contributed by atoms with Gasteiger partial charge in [-0.2, -0.15) is 0 Å². The van der Waals surface area contributed by atoms with Crippen molar-refractivity contribution < 1.29 is 5.48 Å². The van der Waals surface area contributed by atoms with Crippen molar-refractivity contribution in [2.45, 2.75) is 77.6 Å². The molecule has 0 heterocycles. The van der Waals surface area contributed by atoms with Crippen LogP contribution in [-0.2, 0) is 0 Å². The highest BCUT2D eigenvalue weighted by Crippen LogP contribution is 2.11. The van der Waals surface area contributed by atoms with Crippen molar-refractivity contribution in [3.63, 3.8) is 0 Å². The van der Waals surface area contributed by atoms with E-state index in [4.69, 9.17) is 0 Å². The molecule has 0 rings (SSSR count). The first-order valence-electron chi connectivity index (χ1n) is 7.42. The molecule has 0 aromatic carbocycles. The predicted molar refractivity (Wildman–Crippen MR) is 78.6 cm³/mol. The third kappa shape index (κ3) is 18.5. The van der Waals surface area contributed by atoms with Crippen LogP contribution in [0.5, 0.6) is 0 Å². The second-order valence-corrected chi connectivity index (χ2v) is 5.34. The Balaban J connectivity index is 0. The summed E-state index contributed by atoms with van der Waals surface area (Å²) < 4.78 is 0. The molecule has 0 atom stereocenters. The van der Waals surface area contributed by atoms with Gasteiger partial charge in [0.25, 0.3) is 0 Å². The third-order valence-corrected chi connectivity index (χ3v) is 3.21. The van der Waals surface area contributed by atoms with Crippen LogP contribution in [0.25, 0.3) is 0 Å². The average Bonchev–Trinajstić information content (AvgIpc) is 2.25. The maximum Gasteiger partial charge on any atom is -0.00248 e. The largest absolute Gasteiger partial charge is 0.412 e. The maximum absolute atomic E-state index is 2.29. The molecule has 0 aromatic rings. The Morgan fingerprint density at radius 1 is 0.588 bits per heavy atom. The van der Waals surface area contributed by atoms with Gasteiger partial charge in [0, 0.05) is 0 Å². The highest BCUT2D eigenvalue weighted by Gasteiger charge is 1.93. The smallest absolute Gasteiger partial charge is 0.00248 e. The molecule has 0 fully saturated rings. The molecule has 0 spiro atoms. The van der Waals surface area contributed by atoms with Gasteiger partial charge >= 0.3 is 0 Å². The number of hydrogen-bond donors (Lipinski definition) is 0. The van der Waals surface area contributed by atoms with Crippen LogP contribution in [-0.4, -0.2) is 31.0 Å². The van der Waals surface area contributed by atoms with E-state index in [0.29, 0.717) is 0 Å². The van der Waals surface area contributed by atoms with Gasteiger partial charge in [-0.25, -0.2) is 0 Å². The first-order chi connectivity index (χ1) is 7.77. The van der Waals surface area contributed by atoms with Crippen LogP contribution in [0.3, 0.4) is 0 Å². The van der Waals surface area contributed by atoms with Crippen LogP contribution < -0.4 is 0 Å². The van der Waals surface area contributed by atoms with E-state index in [1.54, 1.807) is 0 Å². The molecule has 0 aromatic heterocycles. The van der Waals surface area contributed by atoms with Gasteiger partial charge in [0.05, 0.1) is 0 Å². The summed E-state index contributed by atoms with van der Waals surface area (Å²) in [6, 6.07) is 0. The lowest BCUT2D eigenvalue weighted by Gasteiger charge is -2.08. The molecule has 0 bridgehead atoms. The molecular formula is C15H35NO. The molecule has 106 valence electrons. The van der Waals surface area contributed by atoms with Crippen LogP contribution in [0.15, 0.2) is 0 Å². The first-order valence-corrected chi connectivity index (χ1v) is 7.42. The average molecular weight is 245 g/mol. The Labute approximate surface area is 109 Å². The zero-order valence-electron chi connectivity index (χ0n) is 12.4. The SMILES string of the molecule is CCCCCCCCCCCCCN(C)C.O. The van der Waals surface area contributed by atoms with Crippen molar-refractivity contribution in [1.29, 1.82) is 0 Å². The van der Waals surface area contributed by atoms with Gasteiger partial charge in [0.15, 0.2) is 0 Å². The van der Waals surface area contributed by atoms with Crippen LogP contribution in [0, 0.1) is 0 Å². The standard InChI is InChI=1S/C15H33N.H2O/c1-4-5-6-7-8-9-10-11-12-13-14-15-16(2)3;/h4-15H2,1-3H3;1H2. The Bertz CT molecular complexity index is 126. The minimum atomic E-state index is 0. The van der Waals surface area contributed by atoms with E-state index in [2.05, 4.69) is 25.9 Å². The summed E-state index contributed by atoms with van der Waals surface area (Å²) in [7, 11) is 4.33. The van der Waals surface area contributed by atoms with Gasteiger partial charge in [-0.05, 0) is 27.1 Å². The Morgan fingerprint density at radius 2 is 0.941 bits per heavy atom. The fourth-order valence-corrected chi connectivity index (χ4v) is 2.09. The second-order valence-electron chi connectivity index (χ2n) is 5.34. The highest BCUT2D eigenvalue weighted by molar-refractivity contribution is 4.49. The molecule has 0 aliphatic heterocycles. The summed E-state index contributed by atoms with van der Waals surface area (Å²) >= 11 is 0. The van der Waals surface area contributed by atoms with Gasteiger partial charge in [-0.15, -0.1) is 0 Å². The van der Waals surface area contributed by atoms with E-state index in [-0.39, 0.29) is 5.48 Å². The highest BCUT2D eigenvalue weighted by atomic mass is 16.0. The minimum Gasteiger partial charge on any atom is -0.412 e. The van der Waals surface area contributed by atoms with Crippen molar-refractivity contribution in [3.8, 4) is 0 Å². The molecule has 0 aliphatic carbocycles. The molecule has 0 aliphatic rings. The summed E-state index contributed by atoms with van der Waals surface area (Å²) in [5.41, 5.74) is 0. The van der Waals surface area contributed by atoms with Gasteiger partial charge in [-0.1, -0.05) is 71.1 Å². The van der Waals surface area contributed by atoms with Gasteiger partial charge < -0.3 is 10.4 Å². The molecule has 0 saturated carbocycles. The van der Waals surface area contributed by atoms with E-state index in [9.17, 15) is 0 Å². The molecule has 2 nitrogen and oxygen atoms in total. The molecule has 17 heavy (non-hydrogen) atoms. The van der Waals surface area contributed by atoms with Crippen molar-refractivity contribution in [3.05, 3.63) is 0 Å². The molecule has 0 amide bonds. The summed E-state index contributed by atoms with van der Waals surface area (Å²) in [5.74, 6) is 0. The quantitative estimate of drug-likeness (QED) is 0.478. The Morgan fingerprint density at radius 3 is 1.29 bits per heavy atom. The van der Waals surface area contributed by atoms with Gasteiger partial charge in [0.2, 0.25) is 0 Å². The predicted octanol–water partition coefficient (Wildman–Crippen LogP) is 4.03. The van der Waals surface area contributed by atoms with E-state index >= 15 is 0 Å². The van der Waals surface area contributed by atoms with Crippen molar-refractivity contribution in [2.75, 3.05) is 20.6 Å². The molecule has 0 radical (unpaired) electrons. The molecule has 2 N–H and O–H groups in total. The first kappa shape index (κ1) is 19.3. The molecular weight excluding hydrogens is 210 g/mol.